The van der Waals surface area contributed by atoms with E-state index in [9.17, 15) is 14.4 Å². The van der Waals surface area contributed by atoms with Crippen LogP contribution in [-0.2, 0) is 14.4 Å². The zero-order valence-corrected chi connectivity index (χ0v) is 11.0. The maximum Gasteiger partial charge on any atom is 0.317 e. The summed E-state index contributed by atoms with van der Waals surface area (Å²) in [5, 5.41) is 8.71. The molecule has 2 amide bonds. The average molecular weight is 269 g/mol. The van der Waals surface area contributed by atoms with Crippen molar-refractivity contribution in [3.63, 3.8) is 0 Å². The first-order valence-electron chi connectivity index (χ1n) is 6.44. The highest BCUT2D eigenvalue weighted by Gasteiger charge is 2.35. The monoisotopic (exact) mass is 269 g/mol. The Hall–Kier alpha value is -1.63. The lowest BCUT2D eigenvalue weighted by atomic mass is 10.1. The second kappa shape index (κ2) is 5.56. The molecule has 2 rings (SSSR count). The number of amides is 2. The zero-order valence-electron chi connectivity index (χ0n) is 11.0. The molecule has 0 saturated carbocycles. The van der Waals surface area contributed by atoms with Gasteiger partial charge in [-0.3, -0.25) is 19.3 Å². The van der Waals surface area contributed by atoms with Crippen LogP contribution in [0.15, 0.2) is 0 Å². The van der Waals surface area contributed by atoms with Gasteiger partial charge >= 0.3 is 5.97 Å². The first kappa shape index (κ1) is 13.8. The van der Waals surface area contributed by atoms with Gasteiger partial charge in [0.1, 0.15) is 0 Å². The molecule has 0 spiro atoms. The number of aliphatic carboxylic acids is 1. The van der Waals surface area contributed by atoms with Crippen molar-refractivity contribution in [1.29, 1.82) is 0 Å². The lowest BCUT2D eigenvalue weighted by molar-refractivity contribution is -0.140. The van der Waals surface area contributed by atoms with E-state index in [-0.39, 0.29) is 24.3 Å². The van der Waals surface area contributed by atoms with E-state index in [0.29, 0.717) is 39.1 Å². The van der Waals surface area contributed by atoms with Gasteiger partial charge < -0.3 is 14.9 Å². The fourth-order valence-electron chi connectivity index (χ4n) is 2.60. The lowest BCUT2D eigenvalue weighted by Gasteiger charge is -2.35. The summed E-state index contributed by atoms with van der Waals surface area (Å²) in [6.07, 6.45) is 0.296. The number of hydrogen-bond acceptors (Lipinski definition) is 4. The summed E-state index contributed by atoms with van der Waals surface area (Å²) in [4.78, 5) is 39.4. The maximum atomic E-state index is 12.2. The minimum atomic E-state index is -0.845. The van der Waals surface area contributed by atoms with Gasteiger partial charge in [0.15, 0.2) is 0 Å². The molecule has 2 aliphatic rings. The van der Waals surface area contributed by atoms with Gasteiger partial charge in [-0.25, -0.2) is 0 Å². The van der Waals surface area contributed by atoms with Crippen LogP contribution in [0.25, 0.3) is 0 Å². The Morgan fingerprint density at radius 2 is 1.89 bits per heavy atom. The molecule has 0 aliphatic carbocycles. The number of likely N-dealkylation sites (tertiary alicyclic amines) is 1. The highest BCUT2D eigenvalue weighted by Crippen LogP contribution is 2.19. The third-order valence-corrected chi connectivity index (χ3v) is 3.73. The van der Waals surface area contributed by atoms with E-state index in [4.69, 9.17) is 5.11 Å². The highest BCUT2D eigenvalue weighted by molar-refractivity contribution is 5.89. The Bertz CT molecular complexity index is 390. The molecule has 7 nitrogen and oxygen atoms in total. The normalized spacial score (nSPS) is 24.9. The van der Waals surface area contributed by atoms with Crippen LogP contribution in [0.1, 0.15) is 6.42 Å². The van der Waals surface area contributed by atoms with Crippen molar-refractivity contribution in [3.05, 3.63) is 0 Å². The fraction of sp³-hybridized carbons (Fsp3) is 0.750. The number of carbonyl (C=O) groups excluding carboxylic acids is 2. The molecule has 2 fully saturated rings. The molecule has 0 aromatic heterocycles. The summed E-state index contributed by atoms with van der Waals surface area (Å²) < 4.78 is 0. The number of rotatable bonds is 3. The van der Waals surface area contributed by atoms with E-state index in [1.165, 1.54) is 0 Å². The zero-order chi connectivity index (χ0) is 14.0. The molecule has 1 unspecified atom stereocenters. The van der Waals surface area contributed by atoms with Crippen molar-refractivity contribution < 1.29 is 19.5 Å². The summed E-state index contributed by atoms with van der Waals surface area (Å²) in [6.45, 7) is 2.75. The SMILES string of the molecule is CN1CC(C(=O)N2CCN(CC(=O)O)CC2)CC1=O. The van der Waals surface area contributed by atoms with Crippen LogP contribution in [0.4, 0.5) is 0 Å². The van der Waals surface area contributed by atoms with Crippen LogP contribution in [-0.4, -0.2) is 83.9 Å². The van der Waals surface area contributed by atoms with Crippen molar-refractivity contribution in [1.82, 2.24) is 14.7 Å². The van der Waals surface area contributed by atoms with Gasteiger partial charge in [-0.15, -0.1) is 0 Å². The number of hydrogen-bond donors (Lipinski definition) is 1. The number of nitrogens with zero attached hydrogens (tertiary/aromatic N) is 3. The third-order valence-electron chi connectivity index (χ3n) is 3.73. The van der Waals surface area contributed by atoms with E-state index in [0.717, 1.165) is 0 Å². The third kappa shape index (κ3) is 3.23. The molecule has 7 heteroatoms. The predicted octanol–water partition coefficient (Wildman–Crippen LogP) is -1.31. The standard InChI is InChI=1S/C12H19N3O4/c1-13-7-9(6-10(13)16)12(19)15-4-2-14(3-5-15)8-11(17)18/h9H,2-8H2,1H3,(H,17,18). The average Bonchev–Trinajstić information content (AvgIpc) is 2.69. The molecular weight excluding hydrogens is 250 g/mol. The van der Waals surface area contributed by atoms with Crippen LogP contribution < -0.4 is 0 Å². The molecule has 0 aromatic rings. The van der Waals surface area contributed by atoms with Gasteiger partial charge in [0, 0.05) is 46.2 Å². The van der Waals surface area contributed by atoms with Crippen LogP contribution >= 0.6 is 0 Å². The van der Waals surface area contributed by atoms with E-state index in [1.807, 2.05) is 4.90 Å². The Morgan fingerprint density at radius 3 is 2.37 bits per heavy atom. The number of piperazine rings is 1. The maximum absolute atomic E-state index is 12.2. The van der Waals surface area contributed by atoms with Crippen LogP contribution in [0.3, 0.4) is 0 Å². The topological polar surface area (TPSA) is 81.2 Å². The van der Waals surface area contributed by atoms with E-state index in [2.05, 4.69) is 0 Å². The molecule has 2 saturated heterocycles. The molecule has 0 radical (unpaired) electrons. The van der Waals surface area contributed by atoms with Crippen molar-refractivity contribution in [2.24, 2.45) is 5.92 Å². The van der Waals surface area contributed by atoms with Gasteiger partial charge in [-0.05, 0) is 0 Å². The smallest absolute Gasteiger partial charge is 0.317 e. The number of carboxylic acid groups (broad SMARTS) is 1. The van der Waals surface area contributed by atoms with Crippen LogP contribution in [0.5, 0.6) is 0 Å². The Balaban J connectivity index is 1.83. The Labute approximate surface area is 111 Å². The second-order valence-electron chi connectivity index (χ2n) is 5.17. The quantitative estimate of drug-likeness (QED) is 0.688. The molecular formula is C12H19N3O4. The number of carbonyl (C=O) groups is 3. The van der Waals surface area contributed by atoms with E-state index < -0.39 is 5.97 Å². The summed E-state index contributed by atoms with van der Waals surface area (Å²) in [5.41, 5.74) is 0. The van der Waals surface area contributed by atoms with Gasteiger partial charge in [0.05, 0.1) is 12.5 Å². The molecule has 1 N–H and O–H groups in total. The first-order valence-corrected chi connectivity index (χ1v) is 6.44. The second-order valence-corrected chi connectivity index (χ2v) is 5.17. The summed E-state index contributed by atoms with van der Waals surface area (Å²) in [6, 6.07) is 0. The lowest BCUT2D eigenvalue weighted by Crippen LogP contribution is -2.51. The molecule has 106 valence electrons. The predicted molar refractivity (Wildman–Crippen MR) is 66.4 cm³/mol. The summed E-state index contributed by atoms with van der Waals surface area (Å²) in [5.74, 6) is -1.04. The summed E-state index contributed by atoms with van der Waals surface area (Å²) in [7, 11) is 1.71. The first-order chi connectivity index (χ1) is 8.97. The van der Waals surface area contributed by atoms with Crippen molar-refractivity contribution in [2.45, 2.75) is 6.42 Å². The van der Waals surface area contributed by atoms with Crippen LogP contribution in [0.2, 0.25) is 0 Å². The molecule has 0 bridgehead atoms. The molecule has 19 heavy (non-hydrogen) atoms. The largest absolute Gasteiger partial charge is 0.480 e. The van der Waals surface area contributed by atoms with Crippen LogP contribution in [0, 0.1) is 5.92 Å². The van der Waals surface area contributed by atoms with Gasteiger partial charge in [0.2, 0.25) is 11.8 Å². The number of carboxylic acids is 1. The Morgan fingerprint density at radius 1 is 1.26 bits per heavy atom. The van der Waals surface area contributed by atoms with Gasteiger partial charge in [-0.2, -0.15) is 0 Å². The molecule has 2 aliphatic heterocycles. The van der Waals surface area contributed by atoms with Gasteiger partial charge in [-0.1, -0.05) is 0 Å². The minimum Gasteiger partial charge on any atom is -0.480 e. The summed E-state index contributed by atoms with van der Waals surface area (Å²) >= 11 is 0. The van der Waals surface area contributed by atoms with E-state index in [1.54, 1.807) is 16.8 Å². The Kier molecular flexibility index (Phi) is 4.04. The highest BCUT2D eigenvalue weighted by atomic mass is 16.4. The van der Waals surface area contributed by atoms with Crippen molar-refractivity contribution >= 4 is 17.8 Å². The fourth-order valence-corrected chi connectivity index (χ4v) is 2.60. The minimum absolute atomic E-state index is 0.0165. The van der Waals surface area contributed by atoms with Gasteiger partial charge in [0.25, 0.3) is 0 Å². The molecule has 0 aromatic carbocycles. The van der Waals surface area contributed by atoms with E-state index >= 15 is 0 Å². The molecule has 2 heterocycles. The van der Waals surface area contributed by atoms with Crippen molar-refractivity contribution in [2.75, 3.05) is 46.3 Å². The molecule has 1 atom stereocenters. The van der Waals surface area contributed by atoms with Crippen molar-refractivity contribution in [3.8, 4) is 0 Å².